The highest BCUT2D eigenvalue weighted by Crippen LogP contribution is 2.46. The highest BCUT2D eigenvalue weighted by atomic mass is 16.8. The van der Waals surface area contributed by atoms with Gasteiger partial charge in [0.1, 0.15) is 255 Å². The molecule has 0 aromatic carbocycles. The van der Waals surface area contributed by atoms with E-state index in [4.69, 9.17) is 121 Å². The van der Waals surface area contributed by atoms with Crippen LogP contribution >= 0.6 is 0 Å². The van der Waals surface area contributed by atoms with E-state index in [-0.39, 0.29) is 0 Å². The summed E-state index contributed by atoms with van der Waals surface area (Å²) < 4.78 is 132. The molecular weight excluding hydrogens is 1930 g/mol. The summed E-state index contributed by atoms with van der Waals surface area (Å²) in [5.74, 6) is -5.78. The molecule has 0 aromatic heterocycles. The Labute approximate surface area is 791 Å². The Hall–Kier alpha value is -2.97. The highest BCUT2D eigenvalue weighted by molar-refractivity contribution is 5.76. The number of aliphatic carboxylic acids is 1. The molecule has 11 fully saturated rings. The van der Waals surface area contributed by atoms with Gasteiger partial charge in [-0.05, 0) is 13.8 Å². The molecule has 63 heteroatoms. The van der Waals surface area contributed by atoms with Crippen LogP contribution < -0.4 is 17.2 Å². The van der Waals surface area contributed by atoms with Crippen molar-refractivity contribution in [3.05, 3.63) is 0 Å². The summed E-state index contributed by atoms with van der Waals surface area (Å²) in [6.07, 6.45) is -122. The number of ether oxygens (including phenoxy) is 22. The molecule has 0 radical (unpaired) electrons. The number of nitrogens with two attached hydrogens (primary N) is 3. The van der Waals surface area contributed by atoms with Crippen LogP contribution in [0, 0.1) is 0 Å². The molecule has 43 N–H and O–H groups in total. The molecule has 0 aromatic rings. The summed E-state index contributed by atoms with van der Waals surface area (Å²) in [5, 5.41) is 413. The second-order valence-electron chi connectivity index (χ2n) is 36.5. The molecule has 59 atom stereocenters. The topological polar surface area (TPSA) is 1050 Å². The molecule has 818 valence electrons. The van der Waals surface area contributed by atoms with Crippen molar-refractivity contribution in [3.8, 4) is 0 Å². The maximum absolute atomic E-state index is 14.4. The van der Waals surface area contributed by atoms with Crippen molar-refractivity contribution in [2.24, 2.45) is 17.2 Å². The molecule has 11 aliphatic heterocycles. The number of hydrogen-bond donors (Lipinski definition) is 40. The van der Waals surface area contributed by atoms with E-state index in [1.807, 2.05) is 0 Å². The second kappa shape index (κ2) is 49.9. The van der Waals surface area contributed by atoms with Crippen LogP contribution in [0.3, 0.4) is 0 Å². The summed E-state index contributed by atoms with van der Waals surface area (Å²) in [7, 11) is 0. The number of aliphatic hydroxyl groups excluding tert-OH is 34. The van der Waals surface area contributed by atoms with Gasteiger partial charge in [0, 0.05) is 12.8 Å². The molecule has 0 saturated carbocycles. The molecule has 59 unspecified atom stereocenters. The number of carboxylic acids is 1. The fraction of sp³-hybridized carbons (Fsp3) is 0.987. The number of carbonyl (C=O) groups is 1. The first-order valence-corrected chi connectivity index (χ1v) is 44.6. The lowest BCUT2D eigenvalue weighted by atomic mass is 9.85. The number of hydrogen-bond acceptors (Lipinski definition) is 62. The van der Waals surface area contributed by atoms with E-state index in [0.717, 1.165) is 13.8 Å². The summed E-state index contributed by atoms with van der Waals surface area (Å²) in [6.45, 7) is -14.3. The van der Waals surface area contributed by atoms with Crippen molar-refractivity contribution in [2.75, 3.05) is 85.9 Å². The molecule has 0 aliphatic carbocycles. The zero-order valence-electron chi connectivity index (χ0n) is 74.6. The van der Waals surface area contributed by atoms with Crippen molar-refractivity contribution < 1.29 is 298 Å². The lowest BCUT2D eigenvalue weighted by Gasteiger charge is -2.53. The molecule has 11 rings (SSSR count). The zero-order valence-corrected chi connectivity index (χ0v) is 74.6. The van der Waals surface area contributed by atoms with Gasteiger partial charge in [-0.3, -0.25) is 0 Å². The fourth-order valence-electron chi connectivity index (χ4n) is 17.7. The van der Waals surface area contributed by atoms with Crippen molar-refractivity contribution in [1.82, 2.24) is 0 Å². The minimum absolute atomic E-state index is 0.728. The number of rotatable bonds is 41. The summed E-state index contributed by atoms with van der Waals surface area (Å²) in [6, 6.07) is -5.23. The molecule has 0 bridgehead atoms. The predicted molar refractivity (Wildman–Crippen MR) is 428 cm³/mol. The van der Waals surface area contributed by atoms with Crippen LogP contribution in [0.2, 0.25) is 0 Å². The molecule has 11 saturated heterocycles. The molecule has 140 heavy (non-hydrogen) atoms. The maximum Gasteiger partial charge on any atom is 0.364 e. The van der Waals surface area contributed by atoms with Gasteiger partial charge in [-0.1, -0.05) is 0 Å². The zero-order chi connectivity index (χ0) is 104. The first kappa shape index (κ1) is 117. The van der Waals surface area contributed by atoms with Crippen LogP contribution in [-0.2, 0) is 109 Å². The third-order valence-corrected chi connectivity index (χ3v) is 26.5. The monoisotopic (exact) mass is 2060 g/mol. The largest absolute Gasteiger partial charge is 0.477 e. The van der Waals surface area contributed by atoms with Crippen LogP contribution in [-0.4, -0.2) is 641 Å². The van der Waals surface area contributed by atoms with Gasteiger partial charge in [0.25, 0.3) is 5.79 Å². The minimum Gasteiger partial charge on any atom is -0.477 e. The Kier molecular flexibility index (Phi) is 41.8. The maximum atomic E-state index is 14.4. The quantitative estimate of drug-likeness (QED) is 0.0270. The van der Waals surface area contributed by atoms with Crippen LogP contribution in [0.25, 0.3) is 0 Å². The second-order valence-corrected chi connectivity index (χ2v) is 36.5. The van der Waals surface area contributed by atoms with E-state index in [1.165, 1.54) is 0 Å². The van der Waals surface area contributed by atoms with Gasteiger partial charge >= 0.3 is 5.97 Å². The van der Waals surface area contributed by atoms with Gasteiger partial charge in [0.15, 0.2) is 62.9 Å². The normalized spacial score (nSPS) is 49.7. The van der Waals surface area contributed by atoms with Gasteiger partial charge < -0.3 is 310 Å². The molecule has 11 heterocycles. The lowest BCUT2D eigenvalue weighted by molar-refractivity contribution is -0.418. The first-order chi connectivity index (χ1) is 65.9. The summed E-state index contributed by atoms with van der Waals surface area (Å²) >= 11 is 0. The van der Waals surface area contributed by atoms with Gasteiger partial charge in [-0.2, -0.15) is 0 Å². The Balaban J connectivity index is 0.991. The van der Waals surface area contributed by atoms with E-state index in [2.05, 4.69) is 0 Å². The Morgan fingerprint density at radius 2 is 0.707 bits per heavy atom. The Bertz CT molecular complexity index is 3720. The molecule has 0 amide bonds. The lowest BCUT2D eigenvalue weighted by Crippen LogP contribution is -2.71. The summed E-state index contributed by atoms with van der Waals surface area (Å²) in [5.41, 5.74) is 12.4. The van der Waals surface area contributed by atoms with Crippen molar-refractivity contribution in [3.63, 3.8) is 0 Å². The van der Waals surface area contributed by atoms with E-state index in [0.29, 0.717) is 0 Å². The van der Waals surface area contributed by atoms with E-state index in [1.54, 1.807) is 0 Å². The van der Waals surface area contributed by atoms with Crippen LogP contribution in [0.1, 0.15) is 26.7 Å². The van der Waals surface area contributed by atoms with Gasteiger partial charge in [0.2, 0.25) is 0 Å². The summed E-state index contributed by atoms with van der Waals surface area (Å²) in [4.78, 5) is 14.4. The molecule has 11 aliphatic rings. The SMILES string of the molecule is CC(O)(CO)C1OC(OC2CC(OCC3OC(OCC(O)C(O)C(O)C(N)CO)C(N)C(O)C3O)(C(=O)O)OC(C(C)(O)CO)C2OC2OC(COC3OC(CO)C(O)C(O)C3OC3OC(CO)C(OC4OC(CO)C(OC5OC(CO)C(O)C(O)C5O)C(O)C4O)C(O)C3O)C(OC3OC(CO)C(O)C(O)C3OC3OC(CO)C(O)C(O)C3N)C(OC3OC(CO)C(O)C(O)C3O)C2O)CC(O)C1O. The number of aliphatic hydroxyl groups is 36. The minimum atomic E-state index is -3.52. The van der Waals surface area contributed by atoms with Crippen molar-refractivity contribution in [2.45, 2.75) is 387 Å². The highest BCUT2D eigenvalue weighted by Gasteiger charge is 2.66. The third kappa shape index (κ3) is 25.1. The van der Waals surface area contributed by atoms with Crippen molar-refractivity contribution >= 4 is 5.97 Å². The average molecular weight is 2060 g/mol. The molecule has 63 nitrogen and oxygen atoms in total. The predicted octanol–water partition coefficient (Wildman–Crippen LogP) is -26.6. The van der Waals surface area contributed by atoms with Gasteiger partial charge in [-0.15, -0.1) is 0 Å². The van der Waals surface area contributed by atoms with Gasteiger partial charge in [0.05, 0.1) is 122 Å². The van der Waals surface area contributed by atoms with E-state index < -0.39 is 465 Å². The van der Waals surface area contributed by atoms with Crippen molar-refractivity contribution in [1.29, 1.82) is 0 Å². The smallest absolute Gasteiger partial charge is 0.364 e. The third-order valence-electron chi connectivity index (χ3n) is 26.5. The molecular formula is C77H135N3O60. The number of carboxylic acid groups (broad SMARTS) is 1. The standard InChI is InChI=1S/C77H135N3O60/c1-75(117,16-89)63-36(95)19(91)3-31(132-63)122-21-4-77(74(115)116,121-15-29-42(101)43(102)32(79)65(130-29)119-13-20(92)35(94)34(93)18(78)5-81)140-64(76(2,118)17-90)59(21)136-71-55(114)60(137-68-52(111)46(105)39(98)24(8-84)125-68)58(135-73-62(48(107)41(100)26(10-86)127-73)138-66-33(80)44(103)37(96)22(6-82)123-66)30(131-71)14-120-72-61(47(106)40(99)25(9-85)126-72)139-70-54(113)50(109)57(28(12-88)129-70)134-69-53(112)49(108)56(27(11-87)128-69)133-67-51(110)45(104)38(97)23(7-83)124-67/h18-73,81-114,117-118H,3-17,78-80H2,1-2H3,(H,115,116). The van der Waals surface area contributed by atoms with Crippen LogP contribution in [0.15, 0.2) is 0 Å². The van der Waals surface area contributed by atoms with E-state index >= 15 is 0 Å². The van der Waals surface area contributed by atoms with Crippen LogP contribution in [0.5, 0.6) is 0 Å². The van der Waals surface area contributed by atoms with Crippen LogP contribution in [0.4, 0.5) is 0 Å². The van der Waals surface area contributed by atoms with E-state index in [9.17, 15) is 194 Å². The van der Waals surface area contributed by atoms with Gasteiger partial charge in [-0.25, -0.2) is 4.79 Å². The Morgan fingerprint density at radius 3 is 1.18 bits per heavy atom. The first-order valence-electron chi connectivity index (χ1n) is 44.6. The molecule has 0 spiro atoms. The average Bonchev–Trinajstić information content (AvgIpc) is 0.739. The fourth-order valence-corrected chi connectivity index (χ4v) is 17.7. The Morgan fingerprint density at radius 1 is 0.350 bits per heavy atom.